The van der Waals surface area contributed by atoms with Crippen LogP contribution in [0.15, 0.2) is 60.3 Å². The Morgan fingerprint density at radius 3 is 2.37 bits per heavy atom. The van der Waals surface area contributed by atoms with Gasteiger partial charge >= 0.3 is 0 Å². The first-order chi connectivity index (χ1) is 14.6. The predicted molar refractivity (Wildman–Crippen MR) is 119 cm³/mol. The first-order valence-electron chi connectivity index (χ1n) is 10.3. The number of carbonyl (C=O) groups excluding carboxylic acids is 1. The molecule has 30 heavy (non-hydrogen) atoms. The molecule has 1 heterocycles. The zero-order valence-electron chi connectivity index (χ0n) is 17.5. The highest BCUT2D eigenvalue weighted by Gasteiger charge is 2.14. The molecule has 0 aromatic heterocycles. The number of ether oxygens (including phenoxy) is 1. The zero-order chi connectivity index (χ0) is 21.3. The maximum Gasteiger partial charge on any atom is 0.263 e. The lowest BCUT2D eigenvalue weighted by Crippen LogP contribution is -2.29. The van der Waals surface area contributed by atoms with Gasteiger partial charge in [-0.25, -0.2) is 0 Å². The van der Waals surface area contributed by atoms with E-state index in [4.69, 9.17) is 4.74 Å². The number of piperidine rings is 1. The topological polar surface area (TPSA) is 77.4 Å². The van der Waals surface area contributed by atoms with Crippen molar-refractivity contribution in [2.45, 2.75) is 32.2 Å². The van der Waals surface area contributed by atoms with Crippen LogP contribution in [0.2, 0.25) is 0 Å². The van der Waals surface area contributed by atoms with Gasteiger partial charge in [-0.1, -0.05) is 12.1 Å². The second-order valence-electron chi connectivity index (χ2n) is 7.38. The number of benzene rings is 2. The van der Waals surface area contributed by atoms with E-state index in [1.54, 1.807) is 7.11 Å². The van der Waals surface area contributed by atoms with Crippen molar-refractivity contribution in [2.24, 2.45) is 0 Å². The molecule has 0 radical (unpaired) electrons. The molecule has 1 fully saturated rings. The number of hydrogen-bond donors (Lipinski definition) is 2. The van der Waals surface area contributed by atoms with Crippen molar-refractivity contribution >= 4 is 17.3 Å². The van der Waals surface area contributed by atoms with E-state index >= 15 is 0 Å². The lowest BCUT2D eigenvalue weighted by Gasteiger charge is -2.28. The lowest BCUT2D eigenvalue weighted by molar-refractivity contribution is -0.117. The number of carbonyl (C=O) groups is 1. The van der Waals surface area contributed by atoms with Crippen LogP contribution in [0.25, 0.3) is 0 Å². The van der Waals surface area contributed by atoms with Crippen LogP contribution in [0.1, 0.15) is 37.8 Å². The van der Waals surface area contributed by atoms with Gasteiger partial charge in [0.2, 0.25) is 0 Å². The summed E-state index contributed by atoms with van der Waals surface area (Å²) in [5, 5.41) is 15.3. The monoisotopic (exact) mass is 404 g/mol. The number of anilines is 2. The van der Waals surface area contributed by atoms with Gasteiger partial charge in [0, 0.05) is 30.7 Å². The molecule has 1 unspecified atom stereocenters. The Morgan fingerprint density at radius 1 is 1.10 bits per heavy atom. The summed E-state index contributed by atoms with van der Waals surface area (Å²) in [6, 6.07) is 17.3. The predicted octanol–water partition coefficient (Wildman–Crippen LogP) is 4.38. The average molecular weight is 405 g/mol. The summed E-state index contributed by atoms with van der Waals surface area (Å²) in [5.74, 6) is 0.337. The average Bonchev–Trinajstić information content (AvgIpc) is 2.80. The van der Waals surface area contributed by atoms with Crippen LogP contribution in [0.5, 0.6) is 5.75 Å². The molecule has 1 amide bonds. The van der Waals surface area contributed by atoms with Crippen LogP contribution in [0, 0.1) is 11.3 Å². The van der Waals surface area contributed by atoms with Gasteiger partial charge < -0.3 is 20.3 Å². The Hall–Kier alpha value is -3.46. The quantitative estimate of drug-likeness (QED) is 0.529. The molecule has 1 saturated heterocycles. The fourth-order valence-corrected chi connectivity index (χ4v) is 3.47. The summed E-state index contributed by atoms with van der Waals surface area (Å²) in [4.78, 5) is 14.9. The van der Waals surface area contributed by atoms with Crippen LogP contribution in [-0.2, 0) is 4.79 Å². The Labute approximate surface area is 178 Å². The first-order valence-corrected chi connectivity index (χ1v) is 10.3. The Morgan fingerprint density at radius 2 is 1.77 bits per heavy atom. The van der Waals surface area contributed by atoms with Crippen LogP contribution in [-0.4, -0.2) is 26.1 Å². The van der Waals surface area contributed by atoms with Crippen LogP contribution >= 0.6 is 0 Å². The van der Waals surface area contributed by atoms with E-state index in [-0.39, 0.29) is 11.6 Å². The third-order valence-corrected chi connectivity index (χ3v) is 5.30. The van der Waals surface area contributed by atoms with E-state index in [1.807, 2.05) is 49.4 Å². The van der Waals surface area contributed by atoms with E-state index < -0.39 is 5.91 Å². The number of nitrogens with one attached hydrogen (secondary N) is 2. The highest BCUT2D eigenvalue weighted by atomic mass is 16.5. The largest absolute Gasteiger partial charge is 0.497 e. The molecular formula is C24H28N4O2. The number of nitriles is 1. The summed E-state index contributed by atoms with van der Waals surface area (Å²) < 4.78 is 5.15. The van der Waals surface area contributed by atoms with Crippen molar-refractivity contribution in [3.63, 3.8) is 0 Å². The minimum Gasteiger partial charge on any atom is -0.497 e. The standard InChI is InChI=1S/C24H28N4O2/c1-18(19-6-12-23(30-2)13-7-19)27-24(29)20(16-25)17-26-21-8-10-22(11-9-21)28-14-4-3-5-15-28/h6-13,17-18,26H,3-5,14-15H2,1-2H3,(H,27,29)/b20-17-. The molecule has 3 rings (SSSR count). The Kier molecular flexibility index (Phi) is 7.34. The van der Waals surface area contributed by atoms with Gasteiger partial charge in [0.15, 0.2) is 0 Å². The number of methoxy groups -OCH3 is 1. The third-order valence-electron chi connectivity index (χ3n) is 5.30. The molecule has 6 nitrogen and oxygen atoms in total. The summed E-state index contributed by atoms with van der Waals surface area (Å²) >= 11 is 0. The van der Waals surface area contributed by atoms with Gasteiger partial charge in [-0.15, -0.1) is 0 Å². The molecule has 0 aliphatic carbocycles. The van der Waals surface area contributed by atoms with Gasteiger partial charge in [0.05, 0.1) is 13.2 Å². The van der Waals surface area contributed by atoms with Gasteiger partial charge in [-0.2, -0.15) is 5.26 Å². The SMILES string of the molecule is COc1ccc(C(C)NC(=O)/C(C#N)=C\Nc2ccc(N3CCCCC3)cc2)cc1. The fourth-order valence-electron chi connectivity index (χ4n) is 3.47. The zero-order valence-corrected chi connectivity index (χ0v) is 17.5. The van der Waals surface area contributed by atoms with E-state index in [0.29, 0.717) is 0 Å². The molecule has 0 spiro atoms. The van der Waals surface area contributed by atoms with Gasteiger partial charge in [-0.05, 0) is 68.1 Å². The summed E-state index contributed by atoms with van der Waals surface area (Å²) in [6.45, 7) is 4.07. The summed E-state index contributed by atoms with van der Waals surface area (Å²) in [7, 11) is 1.61. The highest BCUT2D eigenvalue weighted by molar-refractivity contribution is 5.97. The number of rotatable bonds is 7. The van der Waals surface area contributed by atoms with Crippen molar-refractivity contribution in [2.75, 3.05) is 30.4 Å². The fraction of sp³-hybridized carbons (Fsp3) is 0.333. The normalized spacial score (nSPS) is 15.1. The van der Waals surface area contributed by atoms with Crippen LogP contribution < -0.4 is 20.3 Å². The number of amides is 1. The van der Waals surface area contributed by atoms with Gasteiger partial charge in [0.1, 0.15) is 17.4 Å². The Balaban J connectivity index is 1.58. The van der Waals surface area contributed by atoms with Crippen molar-refractivity contribution in [3.8, 4) is 11.8 Å². The molecule has 0 saturated carbocycles. The van der Waals surface area contributed by atoms with Crippen molar-refractivity contribution < 1.29 is 9.53 Å². The van der Waals surface area contributed by atoms with Crippen LogP contribution in [0.3, 0.4) is 0 Å². The van der Waals surface area contributed by atoms with E-state index in [1.165, 1.54) is 31.1 Å². The molecule has 156 valence electrons. The van der Waals surface area contributed by atoms with Crippen molar-refractivity contribution in [1.82, 2.24) is 5.32 Å². The molecule has 1 aliphatic heterocycles. The Bertz CT molecular complexity index is 908. The maximum atomic E-state index is 12.5. The van der Waals surface area contributed by atoms with E-state index in [2.05, 4.69) is 27.7 Å². The molecular weight excluding hydrogens is 376 g/mol. The first kappa shape index (κ1) is 21.3. The van der Waals surface area contributed by atoms with Crippen molar-refractivity contribution in [1.29, 1.82) is 5.26 Å². The molecule has 6 heteroatoms. The third kappa shape index (κ3) is 5.54. The maximum absolute atomic E-state index is 12.5. The van der Waals surface area contributed by atoms with Crippen molar-refractivity contribution in [3.05, 3.63) is 65.9 Å². The number of nitrogens with zero attached hydrogens (tertiary/aromatic N) is 2. The smallest absolute Gasteiger partial charge is 0.263 e. The van der Waals surface area contributed by atoms with Crippen LogP contribution in [0.4, 0.5) is 11.4 Å². The minimum atomic E-state index is -0.418. The summed E-state index contributed by atoms with van der Waals surface area (Å²) in [6.07, 6.45) is 5.22. The molecule has 2 aromatic rings. The van der Waals surface area contributed by atoms with Gasteiger partial charge in [0.25, 0.3) is 5.91 Å². The van der Waals surface area contributed by atoms with E-state index in [0.717, 1.165) is 30.1 Å². The highest BCUT2D eigenvalue weighted by Crippen LogP contribution is 2.22. The summed E-state index contributed by atoms with van der Waals surface area (Å²) in [5.41, 5.74) is 2.99. The minimum absolute atomic E-state index is 0.0236. The molecule has 0 bridgehead atoms. The van der Waals surface area contributed by atoms with Gasteiger partial charge in [-0.3, -0.25) is 4.79 Å². The molecule has 1 atom stereocenters. The second-order valence-corrected chi connectivity index (χ2v) is 7.38. The molecule has 2 aromatic carbocycles. The molecule has 2 N–H and O–H groups in total. The number of hydrogen-bond acceptors (Lipinski definition) is 5. The second kappa shape index (κ2) is 10.4. The lowest BCUT2D eigenvalue weighted by atomic mass is 10.1. The van der Waals surface area contributed by atoms with E-state index in [9.17, 15) is 10.1 Å². The molecule has 1 aliphatic rings.